The van der Waals surface area contributed by atoms with Crippen LogP contribution in [0.5, 0.6) is 11.5 Å². The molecule has 1 atom stereocenters. The maximum absolute atomic E-state index is 12.7. The summed E-state index contributed by atoms with van der Waals surface area (Å²) in [6.45, 7) is 3.37. The number of nitriles is 1. The van der Waals surface area contributed by atoms with Crippen molar-refractivity contribution in [2.24, 2.45) is 0 Å². The molecule has 2 aromatic carbocycles. The molecule has 1 unspecified atom stereocenters. The topological polar surface area (TPSA) is 88.4 Å². The lowest BCUT2D eigenvalue weighted by Gasteiger charge is -2.24. The van der Waals surface area contributed by atoms with Crippen molar-refractivity contribution in [3.8, 4) is 17.6 Å². The summed E-state index contributed by atoms with van der Waals surface area (Å²) in [4.78, 5) is 0.0973. The molecule has 132 valence electrons. The number of nitrogens with one attached hydrogen (secondary N) is 1. The largest absolute Gasteiger partial charge is 0.493 e. The molecule has 0 amide bonds. The van der Waals surface area contributed by atoms with Crippen LogP contribution in [0.25, 0.3) is 0 Å². The van der Waals surface area contributed by atoms with Crippen LogP contribution >= 0.6 is 0 Å². The fourth-order valence-electron chi connectivity index (χ4n) is 2.34. The molecule has 25 heavy (non-hydrogen) atoms. The molecule has 0 aliphatic heterocycles. The summed E-state index contributed by atoms with van der Waals surface area (Å²) in [5.41, 5.74) is -0.0753. The van der Waals surface area contributed by atoms with E-state index in [9.17, 15) is 13.7 Å². The molecule has 0 heterocycles. The van der Waals surface area contributed by atoms with E-state index >= 15 is 0 Å². The van der Waals surface area contributed by atoms with E-state index in [-0.39, 0.29) is 4.90 Å². The zero-order chi connectivity index (χ0) is 18.7. The Morgan fingerprint density at radius 1 is 1.04 bits per heavy atom. The van der Waals surface area contributed by atoms with Crippen molar-refractivity contribution in [2.45, 2.75) is 24.3 Å². The lowest BCUT2D eigenvalue weighted by atomic mass is 9.94. The molecule has 0 aliphatic rings. The number of rotatable bonds is 6. The molecule has 2 aromatic rings. The van der Waals surface area contributed by atoms with Gasteiger partial charge < -0.3 is 9.47 Å². The van der Waals surface area contributed by atoms with Crippen molar-refractivity contribution in [3.05, 3.63) is 53.6 Å². The van der Waals surface area contributed by atoms with Crippen LogP contribution in [0.4, 0.5) is 0 Å². The smallest absolute Gasteiger partial charge is 0.242 e. The number of aryl methyl sites for hydroxylation is 1. The summed E-state index contributed by atoms with van der Waals surface area (Å²) in [7, 11) is -0.900. The van der Waals surface area contributed by atoms with Crippen LogP contribution in [0.3, 0.4) is 0 Å². The van der Waals surface area contributed by atoms with Gasteiger partial charge in [0.15, 0.2) is 11.5 Å². The summed E-state index contributed by atoms with van der Waals surface area (Å²) in [5, 5.41) is 9.63. The molecular formula is C18H20N2O4S. The molecule has 0 radical (unpaired) electrons. The average Bonchev–Trinajstić information content (AvgIpc) is 2.60. The first-order valence-corrected chi connectivity index (χ1v) is 8.98. The SMILES string of the molecule is COc1ccc(C(C)(C#N)NS(=O)(=O)c2ccc(C)cc2)cc1OC. The molecular weight excluding hydrogens is 340 g/mol. The monoisotopic (exact) mass is 360 g/mol. The van der Waals surface area contributed by atoms with Gasteiger partial charge in [0.05, 0.1) is 25.2 Å². The first-order chi connectivity index (χ1) is 11.8. The van der Waals surface area contributed by atoms with Crippen LogP contribution in [-0.2, 0) is 15.6 Å². The molecule has 0 aromatic heterocycles. The highest BCUT2D eigenvalue weighted by atomic mass is 32.2. The van der Waals surface area contributed by atoms with Crippen molar-refractivity contribution < 1.29 is 17.9 Å². The van der Waals surface area contributed by atoms with Gasteiger partial charge in [0, 0.05) is 0 Å². The maximum atomic E-state index is 12.7. The quantitative estimate of drug-likeness (QED) is 0.856. The Labute approximate surface area is 148 Å². The van der Waals surface area contributed by atoms with Gasteiger partial charge in [0.2, 0.25) is 10.0 Å². The van der Waals surface area contributed by atoms with Gasteiger partial charge in [0.1, 0.15) is 5.54 Å². The number of sulfonamides is 1. The molecule has 7 heteroatoms. The van der Waals surface area contributed by atoms with Gasteiger partial charge in [-0.2, -0.15) is 9.98 Å². The number of hydrogen-bond acceptors (Lipinski definition) is 5. The van der Waals surface area contributed by atoms with Crippen LogP contribution in [0, 0.1) is 18.3 Å². The summed E-state index contributed by atoms with van der Waals surface area (Å²) in [6, 6.07) is 13.3. The fourth-order valence-corrected chi connectivity index (χ4v) is 3.65. The Morgan fingerprint density at radius 3 is 2.16 bits per heavy atom. The van der Waals surface area contributed by atoms with Gasteiger partial charge in [-0.1, -0.05) is 23.8 Å². The van der Waals surface area contributed by atoms with Crippen LogP contribution in [0.1, 0.15) is 18.1 Å². The molecule has 0 saturated heterocycles. The van der Waals surface area contributed by atoms with E-state index in [1.54, 1.807) is 30.3 Å². The third kappa shape index (κ3) is 3.92. The van der Waals surface area contributed by atoms with E-state index in [0.717, 1.165) is 5.56 Å². The molecule has 0 fully saturated rings. The number of nitrogens with zero attached hydrogens (tertiary/aromatic N) is 1. The van der Waals surface area contributed by atoms with Crippen molar-refractivity contribution in [3.63, 3.8) is 0 Å². The minimum Gasteiger partial charge on any atom is -0.493 e. The van der Waals surface area contributed by atoms with Crippen LogP contribution in [-0.4, -0.2) is 22.6 Å². The minimum absolute atomic E-state index is 0.0973. The van der Waals surface area contributed by atoms with Gasteiger partial charge in [0.25, 0.3) is 0 Å². The Morgan fingerprint density at radius 2 is 1.64 bits per heavy atom. The summed E-state index contributed by atoms with van der Waals surface area (Å²) in [6.07, 6.45) is 0. The Hall–Kier alpha value is -2.56. The highest BCUT2D eigenvalue weighted by molar-refractivity contribution is 7.89. The normalized spacial score (nSPS) is 13.6. The second-order valence-electron chi connectivity index (χ2n) is 5.73. The van der Waals surface area contributed by atoms with Gasteiger partial charge in [-0.15, -0.1) is 0 Å². The van der Waals surface area contributed by atoms with Gasteiger partial charge in [-0.25, -0.2) is 8.42 Å². The van der Waals surface area contributed by atoms with Crippen molar-refractivity contribution in [2.75, 3.05) is 14.2 Å². The zero-order valence-electron chi connectivity index (χ0n) is 14.5. The molecule has 0 saturated carbocycles. The molecule has 1 N–H and O–H groups in total. The predicted molar refractivity (Wildman–Crippen MR) is 94.0 cm³/mol. The van der Waals surface area contributed by atoms with E-state index in [2.05, 4.69) is 4.72 Å². The first-order valence-electron chi connectivity index (χ1n) is 7.50. The summed E-state index contributed by atoms with van der Waals surface area (Å²) < 4.78 is 38.2. The number of ether oxygens (including phenoxy) is 2. The van der Waals surface area contributed by atoms with Crippen molar-refractivity contribution >= 4 is 10.0 Å². The van der Waals surface area contributed by atoms with Crippen molar-refractivity contribution in [1.29, 1.82) is 5.26 Å². The Bertz CT molecular complexity index is 902. The van der Waals surface area contributed by atoms with Crippen LogP contribution < -0.4 is 14.2 Å². The van der Waals surface area contributed by atoms with E-state index in [1.165, 1.54) is 33.3 Å². The predicted octanol–water partition coefficient (Wildman–Crippen LogP) is 2.73. The van der Waals surface area contributed by atoms with E-state index in [1.807, 2.05) is 13.0 Å². The third-order valence-electron chi connectivity index (χ3n) is 3.85. The lowest BCUT2D eigenvalue weighted by molar-refractivity contribution is 0.353. The second-order valence-corrected chi connectivity index (χ2v) is 7.41. The van der Waals surface area contributed by atoms with E-state index in [4.69, 9.17) is 9.47 Å². The summed E-state index contributed by atoms with van der Waals surface area (Å²) >= 11 is 0. The highest BCUT2D eigenvalue weighted by Crippen LogP contribution is 2.32. The lowest BCUT2D eigenvalue weighted by Crippen LogP contribution is -2.42. The molecule has 0 aliphatic carbocycles. The van der Waals surface area contributed by atoms with Gasteiger partial charge >= 0.3 is 0 Å². The summed E-state index contributed by atoms with van der Waals surface area (Å²) in [5.74, 6) is 0.906. The van der Waals surface area contributed by atoms with Crippen LogP contribution in [0.2, 0.25) is 0 Å². The fraction of sp³-hybridized carbons (Fsp3) is 0.278. The van der Waals surface area contributed by atoms with Crippen LogP contribution in [0.15, 0.2) is 47.4 Å². The molecule has 6 nitrogen and oxygen atoms in total. The Balaban J connectivity index is 2.44. The number of hydrogen-bond donors (Lipinski definition) is 1. The first kappa shape index (κ1) is 18.8. The minimum atomic E-state index is -3.87. The Kier molecular flexibility index (Phi) is 5.36. The maximum Gasteiger partial charge on any atom is 0.242 e. The number of benzene rings is 2. The average molecular weight is 360 g/mol. The number of methoxy groups -OCH3 is 2. The van der Waals surface area contributed by atoms with E-state index < -0.39 is 15.6 Å². The van der Waals surface area contributed by atoms with Gasteiger partial charge in [-0.05, 0) is 43.7 Å². The van der Waals surface area contributed by atoms with Gasteiger partial charge in [-0.3, -0.25) is 0 Å². The van der Waals surface area contributed by atoms with Crippen molar-refractivity contribution in [1.82, 2.24) is 4.72 Å². The molecule has 0 bridgehead atoms. The molecule has 0 spiro atoms. The highest BCUT2D eigenvalue weighted by Gasteiger charge is 2.33. The zero-order valence-corrected chi connectivity index (χ0v) is 15.3. The second kappa shape index (κ2) is 7.13. The molecule has 2 rings (SSSR count). The third-order valence-corrected chi connectivity index (χ3v) is 5.42. The van der Waals surface area contributed by atoms with E-state index in [0.29, 0.717) is 17.1 Å². The standard InChI is InChI=1S/C18H20N2O4S/c1-13-5-8-15(9-6-13)25(21,22)20-18(2,12-19)14-7-10-16(23-3)17(11-14)24-4/h5-11,20H,1-4H3.